The van der Waals surface area contributed by atoms with Gasteiger partial charge in [-0.15, -0.1) is 11.3 Å². The van der Waals surface area contributed by atoms with Gasteiger partial charge in [-0.05, 0) is 48.9 Å². The summed E-state index contributed by atoms with van der Waals surface area (Å²) in [6.45, 7) is 5.49. The molecule has 5 nitrogen and oxygen atoms in total. The Morgan fingerprint density at radius 1 is 1.29 bits per heavy atom. The van der Waals surface area contributed by atoms with Crippen molar-refractivity contribution in [3.8, 4) is 6.07 Å². The number of hydrogen-bond acceptors (Lipinski definition) is 5. The molecule has 2 aromatic rings. The lowest BCUT2D eigenvalue weighted by Crippen LogP contribution is -2.30. The van der Waals surface area contributed by atoms with Gasteiger partial charge in [0.2, 0.25) is 0 Å². The topological polar surface area (TPSA) is 79.2 Å². The van der Waals surface area contributed by atoms with Gasteiger partial charge in [-0.1, -0.05) is 18.2 Å². The van der Waals surface area contributed by atoms with Crippen LogP contribution in [0.5, 0.6) is 0 Å². The summed E-state index contributed by atoms with van der Waals surface area (Å²) >= 11 is 1.25. The van der Waals surface area contributed by atoms with Crippen LogP contribution < -0.4 is 5.32 Å². The van der Waals surface area contributed by atoms with Crippen LogP contribution in [0.2, 0.25) is 0 Å². The molecule has 0 aliphatic heterocycles. The summed E-state index contributed by atoms with van der Waals surface area (Å²) in [5.41, 5.74) is 3.50. The second-order valence-corrected chi connectivity index (χ2v) is 6.41. The molecule has 0 radical (unpaired) electrons. The molecule has 24 heavy (non-hydrogen) atoms. The van der Waals surface area contributed by atoms with E-state index in [0.29, 0.717) is 10.6 Å². The minimum Gasteiger partial charge on any atom is -0.452 e. The van der Waals surface area contributed by atoms with Crippen LogP contribution in [-0.4, -0.2) is 18.0 Å². The Morgan fingerprint density at radius 2 is 2.04 bits per heavy atom. The summed E-state index contributed by atoms with van der Waals surface area (Å²) in [6.07, 6.45) is -0.820. The van der Waals surface area contributed by atoms with Gasteiger partial charge in [-0.2, -0.15) is 5.26 Å². The van der Waals surface area contributed by atoms with E-state index in [1.165, 1.54) is 18.3 Å². The predicted octanol–water partition coefficient (Wildman–Crippen LogP) is 3.35. The van der Waals surface area contributed by atoms with E-state index in [0.717, 1.165) is 16.7 Å². The van der Waals surface area contributed by atoms with Crippen LogP contribution in [0.3, 0.4) is 0 Å². The molecule has 0 aliphatic rings. The number of amides is 1. The summed E-state index contributed by atoms with van der Waals surface area (Å²) in [5.74, 6) is -0.921. The van der Waals surface area contributed by atoms with Crippen molar-refractivity contribution in [2.24, 2.45) is 0 Å². The lowest BCUT2D eigenvalue weighted by Gasteiger charge is -2.13. The highest BCUT2D eigenvalue weighted by atomic mass is 32.1. The largest absolute Gasteiger partial charge is 0.452 e. The second-order valence-electron chi connectivity index (χ2n) is 5.49. The predicted molar refractivity (Wildman–Crippen MR) is 92.8 cm³/mol. The summed E-state index contributed by atoms with van der Waals surface area (Å²) in [7, 11) is 0. The zero-order valence-electron chi connectivity index (χ0n) is 13.8. The minimum absolute atomic E-state index is 0.112. The average molecular weight is 342 g/mol. The number of nitrogens with zero attached hydrogens (tertiary/aromatic N) is 1. The standard InChI is InChI=1S/C18H18N2O3S/c1-11-4-5-14(8-12(11)2)9-16(21)23-13(3)17(22)20-18-15(10-19)6-7-24-18/h4-8,13H,9H2,1-3H3,(H,20,22)/t13-/m0/s1. The fourth-order valence-electron chi connectivity index (χ4n) is 2.08. The quantitative estimate of drug-likeness (QED) is 0.845. The highest BCUT2D eigenvalue weighted by Crippen LogP contribution is 2.22. The van der Waals surface area contributed by atoms with Crippen molar-refractivity contribution in [2.75, 3.05) is 5.32 Å². The normalized spacial score (nSPS) is 11.4. The number of esters is 1. The highest BCUT2D eigenvalue weighted by Gasteiger charge is 2.19. The van der Waals surface area contributed by atoms with Crippen LogP contribution in [0.25, 0.3) is 0 Å². The number of hydrogen-bond donors (Lipinski definition) is 1. The SMILES string of the molecule is Cc1ccc(CC(=O)O[C@@H](C)C(=O)Nc2sccc2C#N)cc1C. The molecule has 0 fully saturated rings. The van der Waals surface area contributed by atoms with Crippen molar-refractivity contribution in [3.63, 3.8) is 0 Å². The van der Waals surface area contributed by atoms with Gasteiger partial charge in [-0.3, -0.25) is 9.59 Å². The van der Waals surface area contributed by atoms with Crippen LogP contribution in [0.4, 0.5) is 5.00 Å². The first-order chi connectivity index (χ1) is 11.4. The van der Waals surface area contributed by atoms with Gasteiger partial charge in [0.15, 0.2) is 6.10 Å². The van der Waals surface area contributed by atoms with Crippen LogP contribution >= 0.6 is 11.3 Å². The number of benzene rings is 1. The van der Waals surface area contributed by atoms with Gasteiger partial charge < -0.3 is 10.1 Å². The third-order valence-corrected chi connectivity index (χ3v) is 4.45. The Balaban J connectivity index is 1.92. The fraction of sp³-hybridized carbons (Fsp3) is 0.278. The van der Waals surface area contributed by atoms with Gasteiger partial charge in [-0.25, -0.2) is 0 Å². The molecule has 1 amide bonds. The van der Waals surface area contributed by atoms with Crippen molar-refractivity contribution in [1.82, 2.24) is 0 Å². The molecule has 1 atom stereocenters. The van der Waals surface area contributed by atoms with Gasteiger partial charge in [0.1, 0.15) is 11.1 Å². The maximum Gasteiger partial charge on any atom is 0.311 e. The molecule has 0 saturated heterocycles. The van der Waals surface area contributed by atoms with Gasteiger partial charge in [0, 0.05) is 0 Å². The van der Waals surface area contributed by atoms with Crippen molar-refractivity contribution >= 4 is 28.2 Å². The summed E-state index contributed by atoms with van der Waals surface area (Å²) < 4.78 is 5.18. The average Bonchev–Trinajstić information content (AvgIpc) is 2.98. The van der Waals surface area contributed by atoms with Crippen molar-refractivity contribution in [2.45, 2.75) is 33.3 Å². The smallest absolute Gasteiger partial charge is 0.311 e. The molecular formula is C18H18N2O3S. The van der Waals surface area contributed by atoms with Crippen molar-refractivity contribution < 1.29 is 14.3 Å². The Kier molecular flexibility index (Phi) is 5.72. The Hall–Kier alpha value is -2.65. The monoisotopic (exact) mass is 342 g/mol. The molecule has 1 N–H and O–H groups in total. The number of carbonyl (C=O) groups excluding carboxylic acids is 2. The summed E-state index contributed by atoms with van der Waals surface area (Å²) in [4.78, 5) is 24.1. The summed E-state index contributed by atoms with van der Waals surface area (Å²) in [6, 6.07) is 9.38. The van der Waals surface area contributed by atoms with Gasteiger partial charge >= 0.3 is 5.97 Å². The number of thiophene rings is 1. The van der Waals surface area contributed by atoms with E-state index in [9.17, 15) is 9.59 Å². The van der Waals surface area contributed by atoms with E-state index < -0.39 is 18.0 Å². The van der Waals surface area contributed by atoms with E-state index in [2.05, 4.69) is 5.32 Å². The number of aryl methyl sites for hydroxylation is 2. The molecule has 1 heterocycles. The van der Waals surface area contributed by atoms with E-state index in [1.807, 2.05) is 38.1 Å². The number of ether oxygens (including phenoxy) is 1. The van der Waals surface area contributed by atoms with E-state index in [-0.39, 0.29) is 6.42 Å². The first kappa shape index (κ1) is 17.7. The Labute approximate surface area is 144 Å². The minimum atomic E-state index is -0.933. The number of rotatable bonds is 5. The first-order valence-electron chi connectivity index (χ1n) is 7.44. The number of anilines is 1. The maximum atomic E-state index is 12.1. The molecule has 124 valence electrons. The van der Waals surface area contributed by atoms with Gasteiger partial charge in [0.25, 0.3) is 5.91 Å². The molecule has 0 spiro atoms. The third kappa shape index (κ3) is 4.43. The zero-order valence-corrected chi connectivity index (χ0v) is 14.6. The third-order valence-electron chi connectivity index (χ3n) is 3.62. The van der Waals surface area contributed by atoms with Crippen molar-refractivity contribution in [1.29, 1.82) is 5.26 Å². The van der Waals surface area contributed by atoms with Crippen LogP contribution in [0.15, 0.2) is 29.6 Å². The van der Waals surface area contributed by atoms with Gasteiger partial charge in [0.05, 0.1) is 12.0 Å². The fourth-order valence-corrected chi connectivity index (χ4v) is 2.82. The molecule has 1 aromatic carbocycles. The molecular weight excluding hydrogens is 324 g/mol. The molecule has 0 bridgehead atoms. The van der Waals surface area contributed by atoms with E-state index >= 15 is 0 Å². The second kappa shape index (κ2) is 7.75. The highest BCUT2D eigenvalue weighted by molar-refractivity contribution is 7.14. The molecule has 0 unspecified atom stereocenters. The number of nitriles is 1. The Morgan fingerprint density at radius 3 is 2.71 bits per heavy atom. The zero-order chi connectivity index (χ0) is 17.7. The molecule has 6 heteroatoms. The number of carbonyl (C=O) groups is 2. The van der Waals surface area contributed by atoms with E-state index in [1.54, 1.807) is 11.4 Å². The van der Waals surface area contributed by atoms with E-state index in [4.69, 9.17) is 10.00 Å². The lowest BCUT2D eigenvalue weighted by molar-refractivity contribution is -0.152. The number of nitrogens with one attached hydrogen (secondary N) is 1. The summed E-state index contributed by atoms with van der Waals surface area (Å²) in [5, 5.41) is 13.7. The molecule has 0 saturated carbocycles. The van der Waals surface area contributed by atoms with Crippen LogP contribution in [0, 0.1) is 25.2 Å². The van der Waals surface area contributed by atoms with Crippen LogP contribution in [0.1, 0.15) is 29.2 Å². The molecule has 1 aromatic heterocycles. The van der Waals surface area contributed by atoms with Crippen molar-refractivity contribution in [3.05, 3.63) is 51.9 Å². The molecule has 2 rings (SSSR count). The Bertz CT molecular complexity index is 805. The van der Waals surface area contributed by atoms with Crippen LogP contribution in [-0.2, 0) is 20.7 Å². The lowest BCUT2D eigenvalue weighted by atomic mass is 10.0. The first-order valence-corrected chi connectivity index (χ1v) is 8.32. The molecule has 0 aliphatic carbocycles. The maximum absolute atomic E-state index is 12.1.